The van der Waals surface area contributed by atoms with Crippen LogP contribution in [0.2, 0.25) is 0 Å². The van der Waals surface area contributed by atoms with Crippen LogP contribution in [0, 0.1) is 5.92 Å². The summed E-state index contributed by atoms with van der Waals surface area (Å²) < 4.78 is 37.8. The lowest BCUT2D eigenvalue weighted by Crippen LogP contribution is -2.38. The van der Waals surface area contributed by atoms with E-state index in [1.165, 1.54) is 30.6 Å². The average molecular weight is 391 g/mol. The largest absolute Gasteiger partial charge is 0.416 e. The van der Waals surface area contributed by atoms with Crippen LogP contribution in [0.1, 0.15) is 46.0 Å². The molecule has 1 aliphatic rings. The Morgan fingerprint density at radius 3 is 2.29 bits per heavy atom. The number of carbonyl (C=O) groups excluding carboxylic acids is 2. The third-order valence-corrected chi connectivity index (χ3v) is 4.79. The van der Waals surface area contributed by atoms with E-state index in [0.717, 1.165) is 25.0 Å². The normalized spacial score (nSPS) is 15.4. The third-order valence-electron chi connectivity index (χ3n) is 4.79. The zero-order valence-corrected chi connectivity index (χ0v) is 15.3. The molecule has 148 valence electrons. The highest BCUT2D eigenvalue weighted by Gasteiger charge is 2.30. The molecule has 0 aliphatic carbocycles. The van der Waals surface area contributed by atoms with Crippen molar-refractivity contribution in [1.29, 1.82) is 0 Å². The second-order valence-corrected chi connectivity index (χ2v) is 6.97. The molecule has 0 unspecified atom stereocenters. The number of halogens is 3. The number of benzene rings is 1. The summed E-state index contributed by atoms with van der Waals surface area (Å²) in [4.78, 5) is 30.7. The van der Waals surface area contributed by atoms with Crippen molar-refractivity contribution in [2.75, 3.05) is 18.4 Å². The summed E-state index contributed by atoms with van der Waals surface area (Å²) in [5, 5.41) is 2.52. The van der Waals surface area contributed by atoms with Crippen molar-refractivity contribution in [3.63, 3.8) is 0 Å². The molecule has 1 N–H and O–H groups in total. The molecular formula is C20H20F3N3O2. The van der Waals surface area contributed by atoms with Gasteiger partial charge < -0.3 is 10.2 Å². The van der Waals surface area contributed by atoms with Crippen LogP contribution in [0.25, 0.3) is 0 Å². The molecule has 2 amide bonds. The molecule has 2 aromatic rings. The van der Waals surface area contributed by atoms with Crippen LogP contribution >= 0.6 is 0 Å². The number of hydrogen-bond acceptors (Lipinski definition) is 3. The molecule has 5 nitrogen and oxygen atoms in total. The van der Waals surface area contributed by atoms with Crippen LogP contribution in [-0.2, 0) is 6.18 Å². The molecule has 8 heteroatoms. The van der Waals surface area contributed by atoms with Crippen molar-refractivity contribution in [2.24, 2.45) is 5.92 Å². The first-order chi connectivity index (χ1) is 13.2. The minimum absolute atomic E-state index is 0.163. The van der Waals surface area contributed by atoms with Crippen LogP contribution in [0.5, 0.6) is 0 Å². The Bertz CT molecular complexity index is 858. The van der Waals surface area contributed by atoms with E-state index in [9.17, 15) is 22.8 Å². The van der Waals surface area contributed by atoms with E-state index in [1.54, 1.807) is 4.90 Å². The summed E-state index contributed by atoms with van der Waals surface area (Å²) in [5.74, 6) is -0.138. The molecule has 1 aromatic carbocycles. The fourth-order valence-corrected chi connectivity index (χ4v) is 3.02. The van der Waals surface area contributed by atoms with Gasteiger partial charge in [-0.15, -0.1) is 0 Å². The predicted molar refractivity (Wildman–Crippen MR) is 97.9 cm³/mol. The maximum absolute atomic E-state index is 12.6. The van der Waals surface area contributed by atoms with Gasteiger partial charge in [-0.25, -0.2) is 0 Å². The minimum atomic E-state index is -4.44. The quantitative estimate of drug-likeness (QED) is 0.852. The SMILES string of the molecule is CC1CCN(C(=O)c2cncc(C(=O)Nc3ccc(C(F)(F)F)cc3)c2)CC1. The van der Waals surface area contributed by atoms with Gasteiger partial charge in [0.1, 0.15) is 0 Å². The first-order valence-corrected chi connectivity index (χ1v) is 8.97. The standard InChI is InChI=1S/C20H20F3N3O2/c1-13-6-8-26(9-7-13)19(28)15-10-14(11-24-12-15)18(27)25-17-4-2-16(3-5-17)20(21,22)23/h2-5,10-13H,6-9H2,1H3,(H,25,27). The van der Waals surface area contributed by atoms with E-state index in [1.807, 2.05) is 0 Å². The number of pyridine rings is 1. The van der Waals surface area contributed by atoms with Crippen LogP contribution in [0.15, 0.2) is 42.7 Å². The van der Waals surface area contributed by atoms with Crippen molar-refractivity contribution in [1.82, 2.24) is 9.88 Å². The molecule has 0 saturated carbocycles. The van der Waals surface area contributed by atoms with Gasteiger partial charge in [-0.1, -0.05) is 6.92 Å². The molecule has 0 atom stereocenters. The summed E-state index contributed by atoms with van der Waals surface area (Å²) in [6.45, 7) is 3.49. The highest BCUT2D eigenvalue weighted by atomic mass is 19.4. The number of alkyl halides is 3. The number of rotatable bonds is 3. The summed E-state index contributed by atoms with van der Waals surface area (Å²) >= 11 is 0. The summed E-state index contributed by atoms with van der Waals surface area (Å²) in [5.41, 5.74) is -0.0962. The minimum Gasteiger partial charge on any atom is -0.339 e. The van der Waals surface area contributed by atoms with Gasteiger partial charge in [0.15, 0.2) is 0 Å². The smallest absolute Gasteiger partial charge is 0.339 e. The van der Waals surface area contributed by atoms with Gasteiger partial charge in [0.25, 0.3) is 11.8 Å². The number of amides is 2. The van der Waals surface area contributed by atoms with E-state index in [-0.39, 0.29) is 17.2 Å². The number of piperidine rings is 1. The molecule has 0 bridgehead atoms. The Morgan fingerprint density at radius 1 is 1.07 bits per heavy atom. The molecule has 1 saturated heterocycles. The van der Waals surface area contributed by atoms with E-state index >= 15 is 0 Å². The maximum Gasteiger partial charge on any atom is 0.416 e. The summed E-state index contributed by atoms with van der Waals surface area (Å²) in [7, 11) is 0. The lowest BCUT2D eigenvalue weighted by atomic mass is 9.98. The van der Waals surface area contributed by atoms with Gasteiger partial charge in [-0.2, -0.15) is 13.2 Å². The van der Waals surface area contributed by atoms with E-state index in [0.29, 0.717) is 24.6 Å². The van der Waals surface area contributed by atoms with Gasteiger partial charge in [0, 0.05) is 31.2 Å². The molecule has 3 rings (SSSR count). The number of anilines is 1. The van der Waals surface area contributed by atoms with Gasteiger partial charge >= 0.3 is 6.18 Å². The van der Waals surface area contributed by atoms with Gasteiger partial charge in [0.2, 0.25) is 0 Å². The van der Waals surface area contributed by atoms with E-state index in [4.69, 9.17) is 0 Å². The number of nitrogens with one attached hydrogen (secondary N) is 1. The Hall–Kier alpha value is -2.90. The highest BCUT2D eigenvalue weighted by Crippen LogP contribution is 2.29. The van der Waals surface area contributed by atoms with Crippen molar-refractivity contribution in [3.05, 3.63) is 59.4 Å². The zero-order chi connectivity index (χ0) is 20.3. The highest BCUT2D eigenvalue weighted by molar-refractivity contribution is 6.05. The van der Waals surface area contributed by atoms with Crippen molar-refractivity contribution in [2.45, 2.75) is 25.9 Å². The van der Waals surface area contributed by atoms with Crippen LogP contribution in [0.4, 0.5) is 18.9 Å². The Morgan fingerprint density at radius 2 is 1.68 bits per heavy atom. The first-order valence-electron chi connectivity index (χ1n) is 8.97. The summed E-state index contributed by atoms with van der Waals surface area (Å²) in [6, 6.07) is 5.60. The summed E-state index contributed by atoms with van der Waals surface area (Å²) in [6.07, 6.45) is 0.164. The van der Waals surface area contributed by atoms with Crippen molar-refractivity contribution >= 4 is 17.5 Å². The van der Waals surface area contributed by atoms with Crippen LogP contribution in [0.3, 0.4) is 0 Å². The predicted octanol–water partition coefficient (Wildman–Crippen LogP) is 4.22. The number of nitrogens with zero attached hydrogens (tertiary/aromatic N) is 2. The van der Waals surface area contributed by atoms with E-state index < -0.39 is 17.6 Å². The molecule has 1 fully saturated rings. The molecule has 2 heterocycles. The Balaban J connectivity index is 1.69. The van der Waals surface area contributed by atoms with Gasteiger partial charge in [0.05, 0.1) is 16.7 Å². The van der Waals surface area contributed by atoms with Gasteiger partial charge in [-0.05, 0) is 49.1 Å². The molecule has 1 aromatic heterocycles. The fraction of sp³-hybridized carbons (Fsp3) is 0.350. The maximum atomic E-state index is 12.6. The lowest BCUT2D eigenvalue weighted by Gasteiger charge is -2.30. The molecule has 0 spiro atoms. The van der Waals surface area contributed by atoms with Crippen LogP contribution in [-0.4, -0.2) is 34.8 Å². The van der Waals surface area contributed by atoms with Crippen LogP contribution < -0.4 is 5.32 Å². The average Bonchev–Trinajstić information content (AvgIpc) is 2.68. The topological polar surface area (TPSA) is 62.3 Å². The monoisotopic (exact) mass is 391 g/mol. The van der Waals surface area contributed by atoms with Gasteiger partial charge in [-0.3, -0.25) is 14.6 Å². The zero-order valence-electron chi connectivity index (χ0n) is 15.3. The second kappa shape index (κ2) is 8.00. The molecular weight excluding hydrogens is 371 g/mol. The number of likely N-dealkylation sites (tertiary alicyclic amines) is 1. The second-order valence-electron chi connectivity index (χ2n) is 6.97. The van der Waals surface area contributed by atoms with E-state index in [2.05, 4.69) is 17.2 Å². The first kappa shape index (κ1) is 19.9. The third kappa shape index (κ3) is 4.68. The van der Waals surface area contributed by atoms with Crippen molar-refractivity contribution in [3.8, 4) is 0 Å². The molecule has 0 radical (unpaired) electrons. The molecule has 28 heavy (non-hydrogen) atoms. The molecule has 1 aliphatic heterocycles. The Kier molecular flexibility index (Phi) is 5.67. The number of hydrogen-bond donors (Lipinski definition) is 1. The lowest BCUT2D eigenvalue weighted by molar-refractivity contribution is -0.137. The fourth-order valence-electron chi connectivity index (χ4n) is 3.02. The van der Waals surface area contributed by atoms with Crippen molar-refractivity contribution < 1.29 is 22.8 Å². The number of carbonyl (C=O) groups is 2. The number of aromatic nitrogens is 1. The Labute approximate surface area is 160 Å².